The standard InChI is InChI=1S/C31H29N5O6/c37-30-20-6-8-25(28(15-20)36(38)39)27-10-12-33-31(35-27)34-24-7-9-29(23(14-24)17-40-13-2-1-11-32-30)42-18-22-5-3-4-21-16-41-19-26(21)22/h3-10,12,14-15H,1-2,11,13,16-19H2,(H,32,37)(H,33,34,35). The maximum Gasteiger partial charge on any atom is 0.279 e. The van der Waals surface area contributed by atoms with E-state index in [4.69, 9.17) is 14.2 Å². The molecule has 6 bridgehead atoms. The highest BCUT2D eigenvalue weighted by Crippen LogP contribution is 2.32. The first-order chi connectivity index (χ1) is 20.5. The van der Waals surface area contributed by atoms with Crippen LogP contribution in [0.5, 0.6) is 5.75 Å². The van der Waals surface area contributed by atoms with Crippen molar-refractivity contribution >= 4 is 23.2 Å². The van der Waals surface area contributed by atoms with Gasteiger partial charge in [-0.15, -0.1) is 0 Å². The molecule has 0 aliphatic carbocycles. The van der Waals surface area contributed by atoms with E-state index in [1.165, 1.54) is 23.4 Å². The summed E-state index contributed by atoms with van der Waals surface area (Å²) in [5.74, 6) is 0.587. The van der Waals surface area contributed by atoms with E-state index in [0.717, 1.165) is 17.5 Å². The largest absolute Gasteiger partial charge is 0.489 e. The molecule has 4 heterocycles. The number of nitro benzene ring substituents is 1. The van der Waals surface area contributed by atoms with Crippen LogP contribution in [0.15, 0.2) is 66.9 Å². The van der Waals surface area contributed by atoms with Gasteiger partial charge in [-0.1, -0.05) is 18.2 Å². The number of hydrogen-bond donors (Lipinski definition) is 2. The molecule has 1 aromatic heterocycles. The van der Waals surface area contributed by atoms with E-state index in [-0.39, 0.29) is 28.7 Å². The van der Waals surface area contributed by atoms with Gasteiger partial charge >= 0.3 is 0 Å². The van der Waals surface area contributed by atoms with E-state index in [1.807, 2.05) is 24.3 Å². The molecule has 3 aliphatic rings. The Hall–Kier alpha value is -4.87. The third-order valence-corrected chi connectivity index (χ3v) is 7.22. The zero-order valence-electron chi connectivity index (χ0n) is 22.8. The molecule has 3 aliphatic heterocycles. The number of aromatic nitrogens is 2. The van der Waals surface area contributed by atoms with Gasteiger partial charge in [0.1, 0.15) is 12.4 Å². The van der Waals surface area contributed by atoms with Crippen molar-refractivity contribution in [1.82, 2.24) is 15.3 Å². The number of benzene rings is 3. The van der Waals surface area contributed by atoms with Crippen LogP contribution >= 0.6 is 0 Å². The minimum absolute atomic E-state index is 0.210. The number of nitrogens with zero attached hydrogens (tertiary/aromatic N) is 3. The molecule has 0 radical (unpaired) electrons. The van der Waals surface area contributed by atoms with Gasteiger partial charge in [-0.3, -0.25) is 14.9 Å². The van der Waals surface area contributed by atoms with Crippen molar-refractivity contribution in [3.63, 3.8) is 0 Å². The third-order valence-electron chi connectivity index (χ3n) is 7.22. The summed E-state index contributed by atoms with van der Waals surface area (Å²) in [5, 5.41) is 17.9. The maximum absolute atomic E-state index is 12.7. The van der Waals surface area contributed by atoms with Crippen molar-refractivity contribution in [1.29, 1.82) is 0 Å². The van der Waals surface area contributed by atoms with Crippen LogP contribution in [-0.4, -0.2) is 34.0 Å². The quantitative estimate of drug-likeness (QED) is 0.244. The lowest BCUT2D eigenvalue weighted by Crippen LogP contribution is -2.24. The highest BCUT2D eigenvalue weighted by molar-refractivity contribution is 5.96. The Morgan fingerprint density at radius 3 is 2.79 bits per heavy atom. The van der Waals surface area contributed by atoms with Gasteiger partial charge in [-0.2, -0.15) is 0 Å². The van der Waals surface area contributed by atoms with Crippen LogP contribution in [0, 0.1) is 10.1 Å². The highest BCUT2D eigenvalue weighted by Gasteiger charge is 2.21. The number of rotatable bonds is 4. The first-order valence-corrected chi connectivity index (χ1v) is 13.7. The van der Waals surface area contributed by atoms with Crippen LogP contribution in [0.25, 0.3) is 11.3 Å². The first-order valence-electron chi connectivity index (χ1n) is 13.7. The normalized spacial score (nSPS) is 15.0. The second-order valence-electron chi connectivity index (χ2n) is 10.1. The lowest BCUT2D eigenvalue weighted by molar-refractivity contribution is -0.384. The van der Waals surface area contributed by atoms with Crippen LogP contribution in [-0.2, 0) is 35.9 Å². The van der Waals surface area contributed by atoms with E-state index >= 15 is 0 Å². The average Bonchev–Trinajstić information content (AvgIpc) is 3.49. The number of nitro groups is 1. The van der Waals surface area contributed by atoms with Crippen molar-refractivity contribution in [3.05, 3.63) is 105 Å². The van der Waals surface area contributed by atoms with Crippen LogP contribution in [0.3, 0.4) is 0 Å². The summed E-state index contributed by atoms with van der Waals surface area (Å²) in [6.07, 6.45) is 2.95. The fourth-order valence-electron chi connectivity index (χ4n) is 5.03. The molecule has 1 amide bonds. The van der Waals surface area contributed by atoms with Crippen molar-refractivity contribution in [2.45, 2.75) is 39.3 Å². The van der Waals surface area contributed by atoms with E-state index in [1.54, 1.807) is 18.2 Å². The molecule has 11 nitrogen and oxygen atoms in total. The summed E-state index contributed by atoms with van der Waals surface area (Å²) < 4.78 is 17.9. The summed E-state index contributed by atoms with van der Waals surface area (Å²) in [6, 6.07) is 17.8. The molecule has 0 saturated carbocycles. The summed E-state index contributed by atoms with van der Waals surface area (Å²) >= 11 is 0. The molecule has 0 fully saturated rings. The summed E-state index contributed by atoms with van der Waals surface area (Å²) in [7, 11) is 0. The number of fused-ring (bicyclic) bond motifs is 10. The van der Waals surface area contributed by atoms with Gasteiger partial charge in [0.2, 0.25) is 5.95 Å². The van der Waals surface area contributed by atoms with Gasteiger partial charge in [-0.05, 0) is 65.9 Å². The molecule has 11 heteroatoms. The second-order valence-corrected chi connectivity index (χ2v) is 10.1. The second kappa shape index (κ2) is 12.3. The Labute approximate surface area is 242 Å². The Morgan fingerprint density at radius 1 is 0.976 bits per heavy atom. The average molecular weight is 568 g/mol. The van der Waals surface area contributed by atoms with Gasteiger partial charge < -0.3 is 24.8 Å². The van der Waals surface area contributed by atoms with Crippen LogP contribution in [0.1, 0.15) is 45.5 Å². The predicted octanol–water partition coefficient (Wildman–Crippen LogP) is 5.44. The molecule has 42 heavy (non-hydrogen) atoms. The van der Waals surface area contributed by atoms with Crippen molar-refractivity contribution < 1.29 is 23.9 Å². The summed E-state index contributed by atoms with van der Waals surface area (Å²) in [5.41, 5.74) is 5.65. The molecule has 3 aromatic carbocycles. The molecule has 4 aromatic rings. The minimum atomic E-state index is -0.511. The molecule has 0 saturated heterocycles. The maximum atomic E-state index is 12.7. The SMILES string of the molecule is O=C1NCCCCOCc2cc(ccc2OCc2cccc3c2COC3)Nc2nccc(n2)-c2ccc1cc2[N+](=O)[O-]. The molecule has 214 valence electrons. The lowest BCUT2D eigenvalue weighted by atomic mass is 10.0. The molecule has 0 unspecified atom stereocenters. The van der Waals surface area contributed by atoms with Crippen molar-refractivity contribution in [2.24, 2.45) is 0 Å². The van der Waals surface area contributed by atoms with Crippen LogP contribution in [0.4, 0.5) is 17.3 Å². The molecular formula is C31H29N5O6. The number of carbonyl (C=O) groups excluding carboxylic acids is 1. The lowest BCUT2D eigenvalue weighted by Gasteiger charge is -2.15. The fraction of sp³-hybridized carbons (Fsp3) is 0.258. The molecule has 0 atom stereocenters. The molecule has 0 spiro atoms. The number of ether oxygens (including phenoxy) is 3. The Morgan fingerprint density at radius 2 is 1.88 bits per heavy atom. The smallest absolute Gasteiger partial charge is 0.279 e. The highest BCUT2D eigenvalue weighted by atomic mass is 16.6. The van der Waals surface area contributed by atoms with E-state index in [0.29, 0.717) is 63.1 Å². The van der Waals surface area contributed by atoms with Gasteiger partial charge in [0.15, 0.2) is 0 Å². The number of amides is 1. The zero-order chi connectivity index (χ0) is 28.9. The zero-order valence-corrected chi connectivity index (χ0v) is 22.8. The molecule has 7 rings (SSSR count). The van der Waals surface area contributed by atoms with Gasteiger partial charge in [-0.25, -0.2) is 9.97 Å². The predicted molar refractivity (Wildman–Crippen MR) is 154 cm³/mol. The Bertz CT molecular complexity index is 1640. The van der Waals surface area contributed by atoms with Crippen molar-refractivity contribution in [3.8, 4) is 17.0 Å². The minimum Gasteiger partial charge on any atom is -0.489 e. The van der Waals surface area contributed by atoms with Crippen molar-refractivity contribution in [2.75, 3.05) is 18.5 Å². The first kappa shape index (κ1) is 27.3. The number of nitrogens with one attached hydrogen (secondary N) is 2. The topological polar surface area (TPSA) is 138 Å². The fourth-order valence-corrected chi connectivity index (χ4v) is 5.03. The Balaban J connectivity index is 1.30. The monoisotopic (exact) mass is 567 g/mol. The van der Waals surface area contributed by atoms with Gasteiger partial charge in [0, 0.05) is 42.2 Å². The summed E-state index contributed by atoms with van der Waals surface area (Å²) in [6.45, 7) is 2.83. The van der Waals surface area contributed by atoms with Crippen LogP contribution in [0.2, 0.25) is 0 Å². The van der Waals surface area contributed by atoms with Crippen LogP contribution < -0.4 is 15.4 Å². The number of anilines is 2. The number of hydrogen-bond acceptors (Lipinski definition) is 9. The van der Waals surface area contributed by atoms with E-state index in [2.05, 4.69) is 32.7 Å². The van der Waals surface area contributed by atoms with E-state index < -0.39 is 4.92 Å². The molecule has 2 N–H and O–H groups in total. The third kappa shape index (κ3) is 6.07. The van der Waals surface area contributed by atoms with Gasteiger partial charge in [0.25, 0.3) is 11.6 Å². The Kier molecular flexibility index (Phi) is 8.02. The van der Waals surface area contributed by atoms with Gasteiger partial charge in [0.05, 0.1) is 36.0 Å². The molecular weight excluding hydrogens is 538 g/mol. The number of carbonyl (C=O) groups is 1. The van der Waals surface area contributed by atoms with E-state index in [9.17, 15) is 14.9 Å². The summed E-state index contributed by atoms with van der Waals surface area (Å²) in [4.78, 5) is 32.9.